The first-order valence-electron chi connectivity index (χ1n) is 42.8. The third-order valence-corrected chi connectivity index (χ3v) is 34.5. The summed E-state index contributed by atoms with van der Waals surface area (Å²) in [6.07, 6.45) is 15.1. The minimum absolute atomic E-state index is 0.0825. The molecule has 12 aromatic carbocycles. The number of para-hydroxylation sites is 4. The lowest BCUT2D eigenvalue weighted by atomic mass is 9.63. The second-order valence-corrected chi connectivity index (χ2v) is 44.5. The Hall–Kier alpha value is -8.48. The van der Waals surface area contributed by atoms with Crippen LogP contribution in [0.1, 0.15) is 194 Å². The number of hydrogen-bond acceptors (Lipinski definition) is 8. The molecule has 6 aliphatic rings. The largest absolute Gasteiger partial charge is 0.347 e. The Bertz CT molecular complexity index is 6130. The number of benzene rings is 12. The van der Waals surface area contributed by atoms with E-state index < -0.39 is 0 Å². The molecule has 4 atom stereocenters. The molecule has 1 N–H and O–H groups in total. The molecule has 4 nitrogen and oxygen atoms in total. The fraction of sp³-hybridized carbons (Fsp3) is 0.296. The van der Waals surface area contributed by atoms with Crippen LogP contribution in [0.15, 0.2) is 293 Å². The van der Waals surface area contributed by atoms with Crippen LogP contribution in [0, 0.1) is 0 Å². The standard InChI is InChI=1S/C54H53ClN2S2.C28H29NS.C26H25BrClNS/c1-51(2)29-30-52(3,4)49-44(51)25-23-37-31-48(58-50(37)49)57(46-22-14-13-21-43(46)36-17-9-7-10-18-36)42-33-38(55)32-41(34-42)56(39-19-11-8-12-20-39)40-24-26-47-45(35-40)53(5)27-15-16-28-54(53,6)59-47;1-27(2)16-17-28(3,4)25-22(27)15-14-20-18-24(30-26(20)25)29-23-13-9-8-12-21(23)19-10-6-5-7-11-19;1-25-12-6-7-13-26(25,2)30-24-11-10-21(17-23(24)25)29(20-8-4-3-5-9-20)22-15-18(27)14-19(28)16-22/h7-14,17-26,31-35H,15-16,27-30H2,1-6H3;5-15,18,29H,16-17H2,1-4H3;3-5,8-11,14-17H,6-7,12-13H2,1-2H3. The van der Waals surface area contributed by atoms with Gasteiger partial charge < -0.3 is 20.0 Å². The van der Waals surface area contributed by atoms with E-state index in [1.807, 2.05) is 34.8 Å². The second kappa shape index (κ2) is 31.8. The number of nitrogens with one attached hydrogen (secondary N) is 1. The monoisotopic (exact) mass is 1740 g/mol. The maximum atomic E-state index is 7.36. The van der Waals surface area contributed by atoms with Crippen molar-refractivity contribution in [1.82, 2.24) is 0 Å². The van der Waals surface area contributed by atoms with Crippen molar-refractivity contribution >= 4 is 167 Å². The maximum absolute atomic E-state index is 7.36. The van der Waals surface area contributed by atoms with Gasteiger partial charge in [-0.2, -0.15) is 0 Å². The van der Waals surface area contributed by atoms with Gasteiger partial charge in [-0.05, 0) is 263 Å². The molecule has 0 spiro atoms. The van der Waals surface area contributed by atoms with Crippen molar-refractivity contribution in [2.24, 2.45) is 0 Å². The van der Waals surface area contributed by atoms with Crippen LogP contribution in [-0.2, 0) is 32.5 Å². The van der Waals surface area contributed by atoms with Crippen LogP contribution in [0.4, 0.5) is 61.2 Å². The van der Waals surface area contributed by atoms with Crippen molar-refractivity contribution in [3.63, 3.8) is 0 Å². The number of rotatable bonds is 13. The summed E-state index contributed by atoms with van der Waals surface area (Å²) in [5.41, 5.74) is 24.9. The molecule has 0 saturated heterocycles. The molecular formula is C108H107BrCl2N4S4. The van der Waals surface area contributed by atoms with Crippen molar-refractivity contribution in [1.29, 1.82) is 0 Å². The Morgan fingerprint density at radius 3 is 1.27 bits per heavy atom. The predicted octanol–water partition coefficient (Wildman–Crippen LogP) is 35.1. The number of fused-ring (bicyclic) bond motifs is 12. The SMILES string of the molecule is CC1(C)CCC(C)(C)c2c1ccc1cc(N(c3cc(Cl)cc(N(c4ccccc4)c4ccc5c(c4)C4(C)CCCCC4(C)S5)c3)c3ccccc3-c3ccccc3)sc21.CC1(C)CCC(C)(C)c2c1ccc1cc(Nc3ccccc3-c3ccccc3)sc21.CC12CCCCC1(C)c1cc(N(c3ccccc3)c3cc(Cl)cc(Br)c3)ccc1S2. The minimum atomic E-state index is 0.0825. The lowest BCUT2D eigenvalue weighted by Gasteiger charge is -2.45. The lowest BCUT2D eigenvalue weighted by Crippen LogP contribution is -2.43. The van der Waals surface area contributed by atoms with Gasteiger partial charge in [-0.25, -0.2) is 0 Å². The Balaban J connectivity index is 0.000000136. The van der Waals surface area contributed by atoms with Gasteiger partial charge >= 0.3 is 0 Å². The van der Waals surface area contributed by atoms with E-state index in [1.54, 1.807) is 5.56 Å². The molecule has 604 valence electrons. The van der Waals surface area contributed by atoms with Gasteiger partial charge in [0.15, 0.2) is 0 Å². The van der Waals surface area contributed by atoms with Crippen LogP contribution < -0.4 is 20.0 Å². The van der Waals surface area contributed by atoms with Gasteiger partial charge in [0.1, 0.15) is 5.00 Å². The van der Waals surface area contributed by atoms with Crippen LogP contribution in [-0.4, -0.2) is 9.49 Å². The molecule has 119 heavy (non-hydrogen) atoms. The van der Waals surface area contributed by atoms with Crippen molar-refractivity contribution in [2.75, 3.05) is 20.0 Å². The molecule has 0 radical (unpaired) electrons. The smallest absolute Gasteiger partial charge is 0.101 e. The lowest BCUT2D eigenvalue weighted by molar-refractivity contribution is 0.260. The third kappa shape index (κ3) is 15.1. The molecule has 2 aromatic heterocycles. The van der Waals surface area contributed by atoms with Crippen LogP contribution in [0.5, 0.6) is 0 Å². The van der Waals surface area contributed by atoms with E-state index in [-0.39, 0.29) is 37.2 Å². The highest BCUT2D eigenvalue weighted by Crippen LogP contribution is 2.66. The average molecular weight is 1740 g/mol. The quantitative estimate of drug-likeness (QED) is 0.123. The highest BCUT2D eigenvalue weighted by Gasteiger charge is 2.55. The number of thioether (sulfide) groups is 2. The first kappa shape index (κ1) is 81.5. The Labute approximate surface area is 741 Å². The number of anilines is 11. The van der Waals surface area contributed by atoms with E-state index in [2.05, 4.69) is 409 Å². The van der Waals surface area contributed by atoms with Gasteiger partial charge in [0.05, 0.1) is 16.4 Å². The van der Waals surface area contributed by atoms with E-state index in [0.29, 0.717) is 9.77 Å². The fourth-order valence-electron chi connectivity index (χ4n) is 20.6. The zero-order valence-corrected chi connectivity index (χ0v) is 77.0. The molecule has 2 saturated carbocycles. The van der Waals surface area contributed by atoms with Crippen LogP contribution in [0.2, 0.25) is 10.0 Å². The van der Waals surface area contributed by atoms with Crippen LogP contribution in [0.3, 0.4) is 0 Å². The second-order valence-electron chi connectivity index (χ2n) is 37.5. The summed E-state index contributed by atoms with van der Waals surface area (Å²) >= 11 is 25.4. The summed E-state index contributed by atoms with van der Waals surface area (Å²) in [6, 6.07) is 101. The molecular weight excluding hydrogens is 1630 g/mol. The molecule has 4 heterocycles. The predicted molar refractivity (Wildman–Crippen MR) is 523 cm³/mol. The van der Waals surface area contributed by atoms with E-state index in [0.717, 1.165) is 55.0 Å². The van der Waals surface area contributed by atoms with Crippen LogP contribution in [0.25, 0.3) is 42.4 Å². The Morgan fingerprint density at radius 1 is 0.328 bits per heavy atom. The molecule has 4 unspecified atom stereocenters. The van der Waals surface area contributed by atoms with E-state index in [9.17, 15) is 0 Å². The summed E-state index contributed by atoms with van der Waals surface area (Å²) < 4.78 is 4.33. The third-order valence-electron chi connectivity index (χ3n) is 28.0. The average Bonchev–Trinajstić information content (AvgIpc) is 1.59. The maximum Gasteiger partial charge on any atom is 0.101 e. The van der Waals surface area contributed by atoms with Crippen molar-refractivity contribution in [3.05, 3.63) is 327 Å². The molecule has 4 aliphatic carbocycles. The molecule has 20 rings (SSSR count). The number of halogens is 3. The number of nitrogens with zero attached hydrogens (tertiary/aromatic N) is 3. The van der Waals surface area contributed by atoms with E-state index >= 15 is 0 Å². The zero-order chi connectivity index (χ0) is 82.6. The van der Waals surface area contributed by atoms with Crippen molar-refractivity contribution in [3.8, 4) is 22.3 Å². The molecule has 2 fully saturated rings. The van der Waals surface area contributed by atoms with Gasteiger partial charge in [0, 0.05) is 105 Å². The summed E-state index contributed by atoms with van der Waals surface area (Å²) in [4.78, 5) is 10.1. The summed E-state index contributed by atoms with van der Waals surface area (Å²) in [7, 11) is 0. The minimum Gasteiger partial charge on any atom is -0.347 e. The summed E-state index contributed by atoms with van der Waals surface area (Å²) in [6.45, 7) is 29.3. The number of hydrogen-bond donors (Lipinski definition) is 1. The normalized spacial score (nSPS) is 21.2. The topological polar surface area (TPSA) is 21.8 Å². The molecule has 0 amide bonds. The van der Waals surface area contributed by atoms with E-state index in [1.165, 1.54) is 173 Å². The Kier molecular flexibility index (Phi) is 21.8. The highest BCUT2D eigenvalue weighted by atomic mass is 79.9. The summed E-state index contributed by atoms with van der Waals surface area (Å²) in [5.74, 6) is 0. The van der Waals surface area contributed by atoms with Crippen LogP contribution >= 0.6 is 85.3 Å². The fourth-order valence-corrected chi connectivity index (χ4v) is 27.8. The highest BCUT2D eigenvalue weighted by molar-refractivity contribution is 9.10. The molecule has 11 heteroatoms. The number of thiophene rings is 2. The van der Waals surface area contributed by atoms with Gasteiger partial charge in [-0.15, -0.1) is 46.2 Å². The molecule has 2 aliphatic heterocycles. The van der Waals surface area contributed by atoms with E-state index in [4.69, 9.17) is 23.2 Å². The van der Waals surface area contributed by atoms with Gasteiger partial charge in [0.2, 0.25) is 0 Å². The van der Waals surface area contributed by atoms with Crippen molar-refractivity contribution in [2.45, 2.75) is 212 Å². The zero-order valence-electron chi connectivity index (χ0n) is 70.7. The van der Waals surface area contributed by atoms with Crippen molar-refractivity contribution < 1.29 is 0 Å². The van der Waals surface area contributed by atoms with Gasteiger partial charge in [-0.1, -0.05) is 292 Å². The van der Waals surface area contributed by atoms with Gasteiger partial charge in [0.25, 0.3) is 0 Å². The molecule has 14 aromatic rings. The first-order valence-corrected chi connectivity index (χ1v) is 47.6. The first-order chi connectivity index (χ1) is 57.1. The van der Waals surface area contributed by atoms with Gasteiger partial charge in [-0.3, -0.25) is 0 Å². The Morgan fingerprint density at radius 2 is 0.748 bits per heavy atom. The summed E-state index contributed by atoms with van der Waals surface area (Å²) in [5, 5.41) is 10.2. The molecule has 0 bridgehead atoms.